The third-order valence-corrected chi connectivity index (χ3v) is 1.86. The van der Waals surface area contributed by atoms with E-state index >= 15 is 0 Å². The molecular formula is C9H12N4O2. The Hall–Kier alpha value is -1.94. The number of amides is 1. The molecule has 0 saturated carbocycles. The molecule has 1 aromatic rings. The van der Waals surface area contributed by atoms with E-state index in [1.165, 1.54) is 6.92 Å². The lowest BCUT2D eigenvalue weighted by atomic mass is 10.2. The van der Waals surface area contributed by atoms with Crippen LogP contribution in [0.1, 0.15) is 18.2 Å². The molecule has 0 atom stereocenters. The van der Waals surface area contributed by atoms with Gasteiger partial charge in [-0.15, -0.1) is 0 Å². The molecule has 1 rings (SSSR count). The van der Waals surface area contributed by atoms with Crippen LogP contribution in [-0.4, -0.2) is 12.5 Å². The molecule has 0 aromatic carbocycles. The monoisotopic (exact) mass is 208 g/mol. The van der Waals surface area contributed by atoms with E-state index in [1.54, 1.807) is 13.0 Å². The van der Waals surface area contributed by atoms with E-state index in [1.807, 2.05) is 0 Å². The van der Waals surface area contributed by atoms with E-state index in [4.69, 9.17) is 9.95 Å². The molecular weight excluding hydrogens is 196 g/mol. The molecule has 0 saturated heterocycles. The van der Waals surface area contributed by atoms with Crippen LogP contribution in [0, 0.1) is 6.92 Å². The highest BCUT2D eigenvalue weighted by atomic mass is 16.4. The van der Waals surface area contributed by atoms with Gasteiger partial charge in [0.1, 0.15) is 5.76 Å². The van der Waals surface area contributed by atoms with E-state index in [9.17, 15) is 4.79 Å². The summed E-state index contributed by atoms with van der Waals surface area (Å²) in [6.45, 7) is 3.60. The standard InChI is InChI=1S/C9H12N4O2/c1-6-8(3-4-11-13-10)5-9(15-6)12-7(2)14/h5H,3-4H2,1-2H3,(H,12,14). The van der Waals surface area contributed by atoms with Crippen molar-refractivity contribution in [3.63, 3.8) is 0 Å². The average Bonchev–Trinajstić information content (AvgIpc) is 2.46. The molecule has 1 N–H and O–H groups in total. The second kappa shape index (κ2) is 5.07. The number of carbonyl (C=O) groups excluding carboxylic acids is 1. The van der Waals surface area contributed by atoms with Crippen molar-refractivity contribution in [2.45, 2.75) is 20.3 Å². The molecule has 80 valence electrons. The number of hydrogen-bond donors (Lipinski definition) is 1. The predicted molar refractivity (Wildman–Crippen MR) is 55.5 cm³/mol. The molecule has 0 spiro atoms. The van der Waals surface area contributed by atoms with Gasteiger partial charge in [0, 0.05) is 24.4 Å². The smallest absolute Gasteiger partial charge is 0.223 e. The highest BCUT2D eigenvalue weighted by molar-refractivity contribution is 5.87. The molecule has 0 aliphatic rings. The summed E-state index contributed by atoms with van der Waals surface area (Å²) in [7, 11) is 0. The van der Waals surface area contributed by atoms with Crippen molar-refractivity contribution >= 4 is 11.8 Å². The van der Waals surface area contributed by atoms with Crippen molar-refractivity contribution in [1.82, 2.24) is 0 Å². The molecule has 0 fully saturated rings. The van der Waals surface area contributed by atoms with Crippen LogP contribution in [0.4, 0.5) is 5.88 Å². The van der Waals surface area contributed by atoms with Crippen molar-refractivity contribution in [2.24, 2.45) is 5.11 Å². The summed E-state index contributed by atoms with van der Waals surface area (Å²) in [6, 6.07) is 1.74. The van der Waals surface area contributed by atoms with Crippen LogP contribution in [0.3, 0.4) is 0 Å². The van der Waals surface area contributed by atoms with Gasteiger partial charge < -0.3 is 4.42 Å². The first-order valence-corrected chi connectivity index (χ1v) is 4.51. The van der Waals surface area contributed by atoms with Gasteiger partial charge in [0.15, 0.2) is 5.88 Å². The van der Waals surface area contributed by atoms with Crippen LogP contribution in [0.5, 0.6) is 0 Å². The lowest BCUT2D eigenvalue weighted by Gasteiger charge is -1.92. The molecule has 0 bridgehead atoms. The van der Waals surface area contributed by atoms with Gasteiger partial charge in [-0.3, -0.25) is 10.1 Å². The first-order valence-electron chi connectivity index (χ1n) is 4.51. The summed E-state index contributed by atoms with van der Waals surface area (Å²) in [5, 5.41) is 5.98. The molecule has 15 heavy (non-hydrogen) atoms. The van der Waals surface area contributed by atoms with E-state index in [2.05, 4.69) is 15.3 Å². The summed E-state index contributed by atoms with van der Waals surface area (Å²) in [6.07, 6.45) is 0.610. The molecule has 6 nitrogen and oxygen atoms in total. The van der Waals surface area contributed by atoms with Crippen LogP contribution in [0.25, 0.3) is 10.4 Å². The lowest BCUT2D eigenvalue weighted by molar-refractivity contribution is -0.114. The number of carbonyl (C=O) groups is 1. The summed E-state index contributed by atoms with van der Waals surface area (Å²) >= 11 is 0. The Morgan fingerprint density at radius 2 is 2.47 bits per heavy atom. The third-order valence-electron chi connectivity index (χ3n) is 1.86. The number of aryl methyl sites for hydroxylation is 1. The summed E-state index contributed by atoms with van der Waals surface area (Å²) < 4.78 is 5.29. The van der Waals surface area contributed by atoms with Gasteiger partial charge in [-0.25, -0.2) is 0 Å². The second-order valence-corrected chi connectivity index (χ2v) is 3.08. The molecule has 1 amide bonds. The summed E-state index contributed by atoms with van der Waals surface area (Å²) in [5.74, 6) is 0.980. The third kappa shape index (κ3) is 3.36. The zero-order chi connectivity index (χ0) is 11.3. The average molecular weight is 208 g/mol. The number of nitrogens with one attached hydrogen (secondary N) is 1. The molecule has 0 unspecified atom stereocenters. The molecule has 1 aromatic heterocycles. The fraction of sp³-hybridized carbons (Fsp3) is 0.444. The minimum Gasteiger partial charge on any atom is -0.445 e. The van der Waals surface area contributed by atoms with Gasteiger partial charge in [0.05, 0.1) is 0 Å². The SMILES string of the molecule is CC(=O)Nc1cc(CCN=[N+]=[N-])c(C)o1. The largest absolute Gasteiger partial charge is 0.445 e. The van der Waals surface area contributed by atoms with Crippen molar-refractivity contribution < 1.29 is 9.21 Å². The van der Waals surface area contributed by atoms with Crippen LogP contribution >= 0.6 is 0 Å². The highest BCUT2D eigenvalue weighted by Crippen LogP contribution is 2.19. The Morgan fingerprint density at radius 3 is 3.07 bits per heavy atom. The maximum Gasteiger partial charge on any atom is 0.223 e. The number of nitrogens with zero attached hydrogens (tertiary/aromatic N) is 3. The van der Waals surface area contributed by atoms with Crippen LogP contribution in [0.2, 0.25) is 0 Å². The van der Waals surface area contributed by atoms with E-state index in [0.29, 0.717) is 18.8 Å². The Balaban J connectivity index is 2.68. The molecule has 6 heteroatoms. The number of anilines is 1. The number of hydrogen-bond acceptors (Lipinski definition) is 3. The number of azide groups is 1. The van der Waals surface area contributed by atoms with Crippen molar-refractivity contribution in [2.75, 3.05) is 11.9 Å². The van der Waals surface area contributed by atoms with Crippen LogP contribution < -0.4 is 5.32 Å². The maximum atomic E-state index is 10.8. The molecule has 1 heterocycles. The molecule has 0 aliphatic heterocycles. The van der Waals surface area contributed by atoms with Crippen LogP contribution in [0.15, 0.2) is 15.6 Å². The summed E-state index contributed by atoms with van der Waals surface area (Å²) in [5.41, 5.74) is 9.05. The van der Waals surface area contributed by atoms with Crippen molar-refractivity contribution in [1.29, 1.82) is 0 Å². The number of furan rings is 1. The van der Waals surface area contributed by atoms with Gasteiger partial charge in [0.2, 0.25) is 5.91 Å². The van der Waals surface area contributed by atoms with E-state index < -0.39 is 0 Å². The minimum atomic E-state index is -0.176. The first kappa shape index (κ1) is 11.1. The zero-order valence-corrected chi connectivity index (χ0v) is 8.65. The highest BCUT2D eigenvalue weighted by Gasteiger charge is 2.07. The molecule has 0 radical (unpaired) electrons. The topological polar surface area (TPSA) is 91.0 Å². The fourth-order valence-corrected chi connectivity index (χ4v) is 1.22. The van der Waals surface area contributed by atoms with Crippen molar-refractivity contribution in [3.8, 4) is 0 Å². The van der Waals surface area contributed by atoms with Gasteiger partial charge in [-0.05, 0) is 24.4 Å². The summed E-state index contributed by atoms with van der Waals surface area (Å²) in [4.78, 5) is 13.4. The predicted octanol–water partition coefficient (Wildman–Crippen LogP) is 2.40. The Labute approximate surface area is 86.9 Å². The van der Waals surface area contributed by atoms with Crippen LogP contribution in [-0.2, 0) is 11.2 Å². The number of rotatable bonds is 4. The Morgan fingerprint density at radius 1 is 1.73 bits per heavy atom. The Kier molecular flexibility index (Phi) is 3.76. The lowest BCUT2D eigenvalue weighted by Crippen LogP contribution is -2.04. The molecule has 0 aliphatic carbocycles. The van der Waals surface area contributed by atoms with Crippen molar-refractivity contribution in [3.05, 3.63) is 27.8 Å². The first-order chi connectivity index (χ1) is 7.13. The second-order valence-electron chi connectivity index (χ2n) is 3.08. The quantitative estimate of drug-likeness (QED) is 0.467. The van der Waals surface area contributed by atoms with Gasteiger partial charge >= 0.3 is 0 Å². The Bertz CT molecular complexity index is 404. The van der Waals surface area contributed by atoms with Gasteiger partial charge in [-0.2, -0.15) is 0 Å². The maximum absolute atomic E-state index is 10.8. The normalized spacial score (nSPS) is 9.47. The van der Waals surface area contributed by atoms with Gasteiger partial charge in [0.25, 0.3) is 0 Å². The zero-order valence-electron chi connectivity index (χ0n) is 8.65. The van der Waals surface area contributed by atoms with E-state index in [0.717, 1.165) is 11.3 Å². The fourth-order valence-electron chi connectivity index (χ4n) is 1.22. The van der Waals surface area contributed by atoms with E-state index in [-0.39, 0.29) is 5.91 Å². The minimum absolute atomic E-state index is 0.176. The van der Waals surface area contributed by atoms with Gasteiger partial charge in [-0.1, -0.05) is 5.11 Å².